The SMILES string of the molecule is CN1CCN(CCN(I)I)CC1. The van der Waals surface area contributed by atoms with Gasteiger partial charge in [0.2, 0.25) is 0 Å². The highest BCUT2D eigenvalue weighted by atomic mass is 127. The van der Waals surface area contributed by atoms with Crippen LogP contribution in [0.4, 0.5) is 0 Å². The second-order valence-electron chi connectivity index (χ2n) is 3.17. The summed E-state index contributed by atoms with van der Waals surface area (Å²) in [6.45, 7) is 7.28. The Labute approximate surface area is 102 Å². The van der Waals surface area contributed by atoms with Gasteiger partial charge in [-0.15, -0.1) is 0 Å². The van der Waals surface area contributed by atoms with E-state index in [0.717, 1.165) is 6.54 Å². The first-order chi connectivity index (χ1) is 5.68. The number of rotatable bonds is 3. The first-order valence-electron chi connectivity index (χ1n) is 4.18. The summed E-state index contributed by atoms with van der Waals surface area (Å²) in [6.07, 6.45) is 0. The van der Waals surface area contributed by atoms with E-state index in [1.54, 1.807) is 0 Å². The third-order valence-electron chi connectivity index (χ3n) is 2.18. The van der Waals surface area contributed by atoms with E-state index < -0.39 is 0 Å². The second kappa shape index (κ2) is 5.94. The molecule has 1 fully saturated rings. The Balaban J connectivity index is 2.09. The van der Waals surface area contributed by atoms with Crippen LogP contribution in [-0.4, -0.2) is 57.4 Å². The zero-order chi connectivity index (χ0) is 8.97. The van der Waals surface area contributed by atoms with E-state index in [1.165, 1.54) is 32.7 Å². The molecule has 0 saturated carbocycles. The minimum atomic E-state index is 1.16. The van der Waals surface area contributed by atoms with Gasteiger partial charge in [0.1, 0.15) is 0 Å². The van der Waals surface area contributed by atoms with Crippen LogP contribution in [0.2, 0.25) is 0 Å². The summed E-state index contributed by atoms with van der Waals surface area (Å²) in [6, 6.07) is 0. The Bertz CT molecular complexity index is 124. The molecule has 0 atom stereocenters. The first-order valence-corrected chi connectivity index (χ1v) is 6.11. The van der Waals surface area contributed by atoms with Crippen molar-refractivity contribution in [3.05, 3.63) is 0 Å². The van der Waals surface area contributed by atoms with Gasteiger partial charge in [-0.1, -0.05) is 0 Å². The van der Waals surface area contributed by atoms with Gasteiger partial charge in [-0.25, -0.2) is 0 Å². The molecule has 0 aliphatic carbocycles. The van der Waals surface area contributed by atoms with Gasteiger partial charge in [0.05, 0.1) is 0 Å². The van der Waals surface area contributed by atoms with Gasteiger partial charge in [-0.05, 0) is 7.05 Å². The lowest BCUT2D eigenvalue weighted by atomic mass is 10.3. The lowest BCUT2D eigenvalue weighted by Crippen LogP contribution is -2.45. The summed E-state index contributed by atoms with van der Waals surface area (Å²) in [5, 5.41) is 0. The highest BCUT2D eigenvalue weighted by molar-refractivity contribution is 14.2. The molecule has 1 aliphatic heterocycles. The molecule has 1 aliphatic rings. The lowest BCUT2D eigenvalue weighted by Gasteiger charge is -2.32. The summed E-state index contributed by atoms with van der Waals surface area (Å²) in [4.78, 5) is 4.92. The molecule has 1 heterocycles. The molecule has 0 aromatic rings. The van der Waals surface area contributed by atoms with Crippen LogP contribution in [0, 0.1) is 0 Å². The summed E-state index contributed by atoms with van der Waals surface area (Å²) >= 11 is 4.65. The summed E-state index contributed by atoms with van der Waals surface area (Å²) < 4.78 is 2.19. The quantitative estimate of drug-likeness (QED) is 0.526. The van der Waals surface area contributed by atoms with Crippen molar-refractivity contribution in [1.29, 1.82) is 0 Å². The van der Waals surface area contributed by atoms with Gasteiger partial charge in [0.25, 0.3) is 0 Å². The van der Waals surface area contributed by atoms with Gasteiger partial charge in [0, 0.05) is 85.0 Å². The second-order valence-corrected chi connectivity index (χ2v) is 7.35. The van der Waals surface area contributed by atoms with E-state index in [1.807, 2.05) is 0 Å². The predicted octanol–water partition coefficient (Wildman–Crippen LogP) is 1.24. The van der Waals surface area contributed by atoms with Crippen LogP contribution in [0.3, 0.4) is 0 Å². The van der Waals surface area contributed by atoms with Crippen LogP contribution in [0.1, 0.15) is 0 Å². The third-order valence-corrected chi connectivity index (χ3v) is 3.15. The van der Waals surface area contributed by atoms with Crippen LogP contribution in [0.15, 0.2) is 0 Å². The standard InChI is InChI=1S/C7H15I2N3/c1-10-2-4-11(5-3-10)6-7-12(8)9/h2-7H2,1H3. The number of piperazine rings is 1. The van der Waals surface area contributed by atoms with Crippen LogP contribution in [0.25, 0.3) is 0 Å². The van der Waals surface area contributed by atoms with Crippen molar-refractivity contribution in [2.75, 3.05) is 46.3 Å². The van der Waals surface area contributed by atoms with Crippen molar-refractivity contribution in [1.82, 2.24) is 11.1 Å². The minimum absolute atomic E-state index is 1.16. The zero-order valence-electron chi connectivity index (χ0n) is 7.34. The van der Waals surface area contributed by atoms with Crippen LogP contribution in [0.5, 0.6) is 0 Å². The minimum Gasteiger partial charge on any atom is -0.304 e. The molecule has 0 aromatic heterocycles. The molecule has 3 nitrogen and oxygen atoms in total. The van der Waals surface area contributed by atoms with Crippen molar-refractivity contribution in [3.63, 3.8) is 0 Å². The molecule has 72 valence electrons. The van der Waals surface area contributed by atoms with Crippen molar-refractivity contribution in [3.8, 4) is 0 Å². The van der Waals surface area contributed by atoms with E-state index in [-0.39, 0.29) is 0 Å². The molecule has 0 spiro atoms. The maximum absolute atomic E-state index is 2.53. The van der Waals surface area contributed by atoms with Crippen LogP contribution < -0.4 is 0 Å². The van der Waals surface area contributed by atoms with Crippen LogP contribution in [-0.2, 0) is 0 Å². The molecule has 0 amide bonds. The average molecular weight is 395 g/mol. The number of hydrogen-bond acceptors (Lipinski definition) is 3. The average Bonchev–Trinajstić information content (AvgIpc) is 2.03. The topological polar surface area (TPSA) is 9.72 Å². The normalized spacial score (nSPS) is 22.0. The molecule has 0 bridgehead atoms. The first kappa shape index (κ1) is 11.4. The molecule has 1 rings (SSSR count). The highest BCUT2D eigenvalue weighted by Gasteiger charge is 2.13. The molecule has 0 unspecified atom stereocenters. The largest absolute Gasteiger partial charge is 0.304 e. The van der Waals surface area contributed by atoms with Gasteiger partial charge >= 0.3 is 0 Å². The summed E-state index contributed by atoms with van der Waals surface area (Å²) in [7, 11) is 2.19. The van der Waals surface area contributed by atoms with Gasteiger partial charge in [-0.3, -0.25) is 4.90 Å². The molecular weight excluding hydrogens is 380 g/mol. The third kappa shape index (κ3) is 4.54. The van der Waals surface area contributed by atoms with E-state index in [0.29, 0.717) is 0 Å². The van der Waals surface area contributed by atoms with Gasteiger partial charge in [-0.2, -0.15) is 1.33 Å². The predicted molar refractivity (Wildman–Crippen MR) is 68.7 cm³/mol. The summed E-state index contributed by atoms with van der Waals surface area (Å²) in [5.74, 6) is 0. The maximum Gasteiger partial charge on any atom is 0.0313 e. The zero-order valence-corrected chi connectivity index (χ0v) is 11.7. The lowest BCUT2D eigenvalue weighted by molar-refractivity contribution is 0.155. The summed E-state index contributed by atoms with van der Waals surface area (Å²) in [5.41, 5.74) is 0. The number of nitrogens with zero attached hydrogens (tertiary/aromatic N) is 3. The Morgan fingerprint density at radius 2 is 1.75 bits per heavy atom. The smallest absolute Gasteiger partial charge is 0.0313 e. The Morgan fingerprint density at radius 1 is 1.17 bits per heavy atom. The fourth-order valence-corrected chi connectivity index (χ4v) is 1.72. The fraction of sp³-hybridized carbons (Fsp3) is 1.00. The monoisotopic (exact) mass is 395 g/mol. The van der Waals surface area contributed by atoms with Crippen molar-refractivity contribution < 1.29 is 0 Å². The van der Waals surface area contributed by atoms with E-state index in [2.05, 4.69) is 63.9 Å². The molecule has 12 heavy (non-hydrogen) atoms. The van der Waals surface area contributed by atoms with Crippen LogP contribution >= 0.6 is 45.7 Å². The van der Waals surface area contributed by atoms with Crippen molar-refractivity contribution in [2.24, 2.45) is 0 Å². The van der Waals surface area contributed by atoms with E-state index >= 15 is 0 Å². The van der Waals surface area contributed by atoms with E-state index in [9.17, 15) is 0 Å². The van der Waals surface area contributed by atoms with E-state index in [4.69, 9.17) is 0 Å². The Morgan fingerprint density at radius 3 is 2.25 bits per heavy atom. The van der Waals surface area contributed by atoms with Gasteiger partial charge < -0.3 is 4.90 Å². The maximum atomic E-state index is 2.53. The molecule has 1 saturated heterocycles. The van der Waals surface area contributed by atoms with Crippen molar-refractivity contribution >= 4 is 45.7 Å². The number of hydrogen-bond donors (Lipinski definition) is 0. The molecule has 5 heteroatoms. The highest BCUT2D eigenvalue weighted by Crippen LogP contribution is 2.07. The molecular formula is C7H15I2N3. The number of halogens is 2. The Kier molecular flexibility index (Phi) is 5.65. The number of likely N-dealkylation sites (N-methyl/N-ethyl adjacent to an activating group) is 1. The molecule has 0 radical (unpaired) electrons. The van der Waals surface area contributed by atoms with Crippen molar-refractivity contribution in [2.45, 2.75) is 0 Å². The molecule has 0 N–H and O–H groups in total. The fourth-order valence-electron chi connectivity index (χ4n) is 1.29. The Hall–Kier alpha value is 1.34. The van der Waals surface area contributed by atoms with Gasteiger partial charge in [0.15, 0.2) is 0 Å². The molecule has 0 aromatic carbocycles.